The van der Waals surface area contributed by atoms with Gasteiger partial charge in [0.2, 0.25) is 0 Å². The van der Waals surface area contributed by atoms with Crippen LogP contribution in [0.3, 0.4) is 0 Å². The Balaban J connectivity index is 1.36. The lowest BCUT2D eigenvalue weighted by Gasteiger charge is -2.29. The van der Waals surface area contributed by atoms with Gasteiger partial charge in [-0.05, 0) is 74.4 Å². The maximum atomic E-state index is 14.1. The van der Waals surface area contributed by atoms with E-state index in [1.165, 1.54) is 17.4 Å². The van der Waals surface area contributed by atoms with Crippen LogP contribution in [-0.4, -0.2) is 53.0 Å². The highest BCUT2D eigenvalue weighted by Crippen LogP contribution is 2.43. The zero-order chi connectivity index (χ0) is 29.1. The van der Waals surface area contributed by atoms with Gasteiger partial charge in [0.15, 0.2) is 5.13 Å². The number of hydrogen-bond donors (Lipinski definition) is 1. The molecule has 0 aliphatic carbocycles. The van der Waals surface area contributed by atoms with Gasteiger partial charge in [-0.2, -0.15) is 13.2 Å². The molecule has 3 heterocycles. The van der Waals surface area contributed by atoms with E-state index in [1.807, 2.05) is 16.7 Å². The van der Waals surface area contributed by atoms with Crippen molar-refractivity contribution in [1.29, 1.82) is 0 Å². The predicted octanol–water partition coefficient (Wildman–Crippen LogP) is 6.64. The molecule has 1 N–H and O–H groups in total. The van der Waals surface area contributed by atoms with E-state index in [1.54, 1.807) is 29.6 Å². The number of carboxylic acid groups (broad SMARTS) is 1. The second kappa shape index (κ2) is 12.1. The van der Waals surface area contributed by atoms with Crippen LogP contribution in [0, 0.1) is 12.8 Å². The number of halogens is 3. The number of likely N-dealkylation sites (tertiary alicyclic amines) is 1. The average molecular weight is 588 g/mol. The summed E-state index contributed by atoms with van der Waals surface area (Å²) in [6.07, 6.45) is -0.562. The predicted molar refractivity (Wildman–Crippen MR) is 150 cm³/mol. The highest BCUT2D eigenvalue weighted by molar-refractivity contribution is 7.14. The molecule has 0 bridgehead atoms. The summed E-state index contributed by atoms with van der Waals surface area (Å²) in [6.45, 7) is 4.22. The molecule has 41 heavy (non-hydrogen) atoms. The Morgan fingerprint density at radius 1 is 1.07 bits per heavy atom. The molecule has 2 saturated heterocycles. The first kappa shape index (κ1) is 28.9. The number of nitrogens with zero attached hydrogens (tertiary/aromatic N) is 3. The quantitative estimate of drug-likeness (QED) is 0.334. The first-order valence-corrected chi connectivity index (χ1v) is 14.6. The number of ether oxygens (including phenoxy) is 1. The Morgan fingerprint density at radius 3 is 2.46 bits per heavy atom. The standard InChI is InChI=1S/C30H32F3N3O4S/c1-19-16-21(27(37)35-12-3-2-4-13-35)8-9-22(19)17-40-26-23(6-5-7-24(26)30(31,32)33)25-18-41-29(34-25)36-14-10-20(11-15-36)28(38)39/h5-9,16,18,20H,2-4,10-15,17H2,1H3,(H,38,39). The second-order valence-corrected chi connectivity index (χ2v) is 11.4. The summed E-state index contributed by atoms with van der Waals surface area (Å²) in [4.78, 5) is 32.6. The van der Waals surface area contributed by atoms with Gasteiger partial charge in [0.1, 0.15) is 12.4 Å². The molecule has 0 atom stereocenters. The Kier molecular flexibility index (Phi) is 8.53. The molecule has 0 saturated carbocycles. The number of carbonyl (C=O) groups is 2. The third-order valence-corrected chi connectivity index (χ3v) is 8.71. The molecular formula is C30H32F3N3O4S. The molecule has 0 unspecified atom stereocenters. The van der Waals surface area contributed by atoms with E-state index in [4.69, 9.17) is 4.74 Å². The third-order valence-electron chi connectivity index (χ3n) is 7.81. The van der Waals surface area contributed by atoms with Crippen molar-refractivity contribution in [3.8, 4) is 17.0 Å². The fourth-order valence-corrected chi connectivity index (χ4v) is 6.27. The number of thiazole rings is 1. The summed E-state index contributed by atoms with van der Waals surface area (Å²) in [5.41, 5.74) is 1.72. The molecule has 11 heteroatoms. The summed E-state index contributed by atoms with van der Waals surface area (Å²) in [5.74, 6) is -1.53. The van der Waals surface area contributed by atoms with Crippen molar-refractivity contribution in [2.24, 2.45) is 5.92 Å². The van der Waals surface area contributed by atoms with Crippen LogP contribution in [0.4, 0.5) is 18.3 Å². The van der Waals surface area contributed by atoms with Crippen molar-refractivity contribution in [2.75, 3.05) is 31.1 Å². The van der Waals surface area contributed by atoms with Gasteiger partial charge in [-0.25, -0.2) is 4.98 Å². The number of carbonyl (C=O) groups excluding carboxylic acids is 1. The number of alkyl halides is 3. The molecule has 1 aromatic heterocycles. The number of piperidine rings is 2. The fraction of sp³-hybridized carbons (Fsp3) is 0.433. The molecule has 1 amide bonds. The highest BCUT2D eigenvalue weighted by atomic mass is 32.1. The summed E-state index contributed by atoms with van der Waals surface area (Å²) in [7, 11) is 0. The minimum absolute atomic E-state index is 0.0310. The van der Waals surface area contributed by atoms with Crippen LogP contribution in [0.5, 0.6) is 5.75 Å². The molecule has 2 aliphatic heterocycles. The number of rotatable bonds is 7. The van der Waals surface area contributed by atoms with E-state index in [9.17, 15) is 27.9 Å². The zero-order valence-electron chi connectivity index (χ0n) is 22.7. The number of carboxylic acids is 1. The Bertz CT molecular complexity index is 1410. The van der Waals surface area contributed by atoms with Crippen molar-refractivity contribution in [2.45, 2.75) is 51.8 Å². The number of benzene rings is 2. The zero-order valence-corrected chi connectivity index (χ0v) is 23.6. The minimum atomic E-state index is -4.64. The van der Waals surface area contributed by atoms with Gasteiger partial charge >= 0.3 is 12.1 Å². The van der Waals surface area contributed by atoms with Crippen molar-refractivity contribution in [1.82, 2.24) is 9.88 Å². The summed E-state index contributed by atoms with van der Waals surface area (Å²) >= 11 is 1.31. The number of hydrogen-bond acceptors (Lipinski definition) is 6. The highest BCUT2D eigenvalue weighted by Gasteiger charge is 2.36. The SMILES string of the molecule is Cc1cc(C(=O)N2CCCCC2)ccc1COc1c(-c2csc(N3CCC(C(=O)O)CC3)n2)cccc1C(F)(F)F. The number of aliphatic carboxylic acids is 1. The molecular weight excluding hydrogens is 555 g/mol. The van der Waals surface area contributed by atoms with Gasteiger partial charge in [0.05, 0.1) is 17.2 Å². The smallest absolute Gasteiger partial charge is 0.419 e. The first-order valence-electron chi connectivity index (χ1n) is 13.8. The van der Waals surface area contributed by atoms with E-state index in [-0.39, 0.29) is 23.8 Å². The van der Waals surface area contributed by atoms with Gasteiger partial charge < -0.3 is 19.6 Å². The molecule has 3 aromatic rings. The Labute approximate surface area is 240 Å². The van der Waals surface area contributed by atoms with Crippen LogP contribution in [-0.2, 0) is 17.6 Å². The summed E-state index contributed by atoms with van der Waals surface area (Å²) < 4.78 is 48.1. The summed E-state index contributed by atoms with van der Waals surface area (Å²) in [6, 6.07) is 9.12. The topological polar surface area (TPSA) is 83.0 Å². The largest absolute Gasteiger partial charge is 0.488 e. The van der Waals surface area contributed by atoms with E-state index < -0.39 is 23.6 Å². The Hall–Kier alpha value is -3.60. The van der Waals surface area contributed by atoms with Gasteiger partial charge in [0.25, 0.3) is 5.91 Å². The van der Waals surface area contributed by atoms with E-state index in [0.29, 0.717) is 47.9 Å². The number of para-hydroxylation sites is 1. The monoisotopic (exact) mass is 587 g/mol. The number of anilines is 1. The van der Waals surface area contributed by atoms with Gasteiger partial charge in [0, 0.05) is 42.7 Å². The lowest BCUT2D eigenvalue weighted by molar-refractivity contribution is -0.142. The molecule has 0 radical (unpaired) electrons. The third kappa shape index (κ3) is 6.50. The maximum Gasteiger partial charge on any atom is 0.419 e. The van der Waals surface area contributed by atoms with Crippen LogP contribution < -0.4 is 9.64 Å². The van der Waals surface area contributed by atoms with Crippen LogP contribution in [0.2, 0.25) is 0 Å². The molecule has 5 rings (SSSR count). The lowest BCUT2D eigenvalue weighted by Crippen LogP contribution is -2.36. The van der Waals surface area contributed by atoms with Crippen molar-refractivity contribution < 1.29 is 32.6 Å². The van der Waals surface area contributed by atoms with Crippen LogP contribution >= 0.6 is 11.3 Å². The van der Waals surface area contributed by atoms with Crippen molar-refractivity contribution in [3.05, 3.63) is 64.0 Å². The molecule has 7 nitrogen and oxygen atoms in total. The van der Waals surface area contributed by atoms with E-state index in [0.717, 1.165) is 44.0 Å². The first-order chi connectivity index (χ1) is 19.6. The second-order valence-electron chi connectivity index (χ2n) is 10.6. The minimum Gasteiger partial charge on any atom is -0.488 e. The molecule has 0 spiro atoms. The van der Waals surface area contributed by atoms with Crippen LogP contribution in [0.1, 0.15) is 59.2 Å². The van der Waals surface area contributed by atoms with Crippen molar-refractivity contribution >= 4 is 28.3 Å². The molecule has 218 valence electrons. The summed E-state index contributed by atoms with van der Waals surface area (Å²) in [5, 5.41) is 11.6. The number of amides is 1. The average Bonchev–Trinajstić information content (AvgIpc) is 3.46. The molecule has 2 aliphatic rings. The molecule has 2 aromatic carbocycles. The maximum absolute atomic E-state index is 14.1. The van der Waals surface area contributed by atoms with Gasteiger partial charge in [-0.1, -0.05) is 12.1 Å². The number of aryl methyl sites for hydroxylation is 1. The van der Waals surface area contributed by atoms with E-state index in [2.05, 4.69) is 4.98 Å². The number of aromatic nitrogens is 1. The molecule has 2 fully saturated rings. The van der Waals surface area contributed by atoms with Gasteiger partial charge in [-0.15, -0.1) is 11.3 Å². The van der Waals surface area contributed by atoms with Crippen LogP contribution in [0.15, 0.2) is 41.8 Å². The van der Waals surface area contributed by atoms with Crippen LogP contribution in [0.25, 0.3) is 11.3 Å². The van der Waals surface area contributed by atoms with E-state index >= 15 is 0 Å². The normalized spacial score (nSPS) is 16.6. The van der Waals surface area contributed by atoms with Gasteiger partial charge in [-0.3, -0.25) is 9.59 Å². The fourth-order valence-electron chi connectivity index (χ4n) is 5.39. The Morgan fingerprint density at radius 2 is 1.80 bits per heavy atom. The van der Waals surface area contributed by atoms with Crippen molar-refractivity contribution in [3.63, 3.8) is 0 Å². The lowest BCUT2D eigenvalue weighted by atomic mass is 9.97.